The maximum Gasteiger partial charge on any atom is 0.254 e. The average molecular weight is 462 g/mol. The van der Waals surface area contributed by atoms with Crippen LogP contribution in [-0.2, 0) is 13.1 Å². The van der Waals surface area contributed by atoms with E-state index in [0.717, 1.165) is 58.9 Å². The van der Waals surface area contributed by atoms with Crippen LogP contribution in [0.4, 0.5) is 5.82 Å². The fourth-order valence-corrected chi connectivity index (χ4v) is 4.78. The average Bonchev–Trinajstić information content (AvgIpc) is 3.47. The number of rotatable bonds is 6. The fraction of sp³-hybridized carbons (Fsp3) is 0.500. The van der Waals surface area contributed by atoms with Crippen LogP contribution in [0.15, 0.2) is 35.3 Å². The van der Waals surface area contributed by atoms with Crippen LogP contribution in [0, 0.1) is 5.41 Å². The molecular weight excluding hydrogens is 434 g/mol. The second kappa shape index (κ2) is 9.14. The quantitative estimate of drug-likeness (QED) is 0.539. The van der Waals surface area contributed by atoms with Crippen molar-refractivity contribution >= 4 is 34.7 Å². The van der Waals surface area contributed by atoms with Crippen molar-refractivity contribution in [2.75, 3.05) is 18.4 Å². The molecular formula is C22H28ClN5O2S. The zero-order valence-corrected chi connectivity index (χ0v) is 19.7. The third-order valence-corrected chi connectivity index (χ3v) is 6.74. The van der Waals surface area contributed by atoms with Crippen LogP contribution in [0.2, 0.25) is 4.34 Å². The molecule has 1 aliphatic rings. The molecule has 0 radical (unpaired) electrons. The Hall–Kier alpha value is -2.16. The van der Waals surface area contributed by atoms with Gasteiger partial charge in [0, 0.05) is 28.8 Å². The molecule has 0 aromatic carbocycles. The summed E-state index contributed by atoms with van der Waals surface area (Å²) in [4.78, 5) is 20.8. The highest BCUT2D eigenvalue weighted by Crippen LogP contribution is 2.31. The molecule has 31 heavy (non-hydrogen) atoms. The predicted molar refractivity (Wildman–Crippen MR) is 123 cm³/mol. The van der Waals surface area contributed by atoms with E-state index in [0.29, 0.717) is 12.5 Å². The Morgan fingerprint density at radius 3 is 2.71 bits per heavy atom. The lowest BCUT2D eigenvalue weighted by atomic mass is 9.93. The molecule has 7 nitrogen and oxygen atoms in total. The molecule has 4 heterocycles. The first-order valence-corrected chi connectivity index (χ1v) is 11.7. The topological polar surface area (TPSA) is 76.2 Å². The van der Waals surface area contributed by atoms with Gasteiger partial charge in [-0.1, -0.05) is 32.4 Å². The van der Waals surface area contributed by atoms with Gasteiger partial charge >= 0.3 is 0 Å². The van der Waals surface area contributed by atoms with Gasteiger partial charge in [0.1, 0.15) is 12.1 Å². The Bertz CT molecular complexity index is 1010. The normalized spacial score (nSPS) is 16.0. The van der Waals surface area contributed by atoms with Crippen molar-refractivity contribution < 1.29 is 9.21 Å². The number of oxazole rings is 1. The van der Waals surface area contributed by atoms with E-state index in [4.69, 9.17) is 21.1 Å². The number of hydrogen-bond acceptors (Lipinski definition) is 7. The molecule has 3 aromatic heterocycles. The first-order chi connectivity index (χ1) is 14.8. The lowest BCUT2D eigenvalue weighted by molar-refractivity contribution is 0.0750. The lowest BCUT2D eigenvalue weighted by Gasteiger charge is -2.30. The van der Waals surface area contributed by atoms with Crippen LogP contribution in [0.25, 0.3) is 0 Å². The van der Waals surface area contributed by atoms with Crippen molar-refractivity contribution in [2.45, 2.75) is 52.6 Å². The number of aromatic nitrogens is 3. The van der Waals surface area contributed by atoms with Gasteiger partial charge in [-0.05, 0) is 38.1 Å². The van der Waals surface area contributed by atoms with Crippen molar-refractivity contribution in [3.63, 3.8) is 0 Å². The second-order valence-corrected chi connectivity index (χ2v) is 10.8. The minimum Gasteiger partial charge on any atom is -0.451 e. The molecule has 1 saturated heterocycles. The van der Waals surface area contributed by atoms with Gasteiger partial charge in [0.15, 0.2) is 6.39 Å². The summed E-state index contributed by atoms with van der Waals surface area (Å²) in [6.45, 7) is 9.10. The number of halogens is 1. The van der Waals surface area contributed by atoms with E-state index in [2.05, 4.69) is 15.2 Å². The van der Waals surface area contributed by atoms with E-state index in [1.165, 1.54) is 17.7 Å². The number of likely N-dealkylation sites (tertiary alicyclic amines) is 1. The molecule has 0 amide bonds. The summed E-state index contributed by atoms with van der Waals surface area (Å²) in [6.07, 6.45) is 5.17. The molecule has 1 fully saturated rings. The summed E-state index contributed by atoms with van der Waals surface area (Å²) in [7, 11) is 0. The lowest BCUT2D eigenvalue weighted by Crippen LogP contribution is -2.33. The van der Waals surface area contributed by atoms with Crippen molar-refractivity contribution in [1.29, 1.82) is 0 Å². The Kier molecular flexibility index (Phi) is 6.50. The summed E-state index contributed by atoms with van der Waals surface area (Å²) in [5.41, 5.74) is 1.41. The van der Waals surface area contributed by atoms with Crippen LogP contribution in [-0.4, -0.2) is 38.7 Å². The van der Waals surface area contributed by atoms with Crippen LogP contribution in [0.1, 0.15) is 60.6 Å². The van der Waals surface area contributed by atoms with Gasteiger partial charge in [0.2, 0.25) is 0 Å². The van der Waals surface area contributed by atoms with Crippen LogP contribution >= 0.6 is 22.9 Å². The van der Waals surface area contributed by atoms with Gasteiger partial charge in [-0.3, -0.25) is 9.69 Å². The molecule has 1 N–H and O–H groups in total. The number of nitrogens with one attached hydrogen (secondary N) is 1. The second-order valence-electron chi connectivity index (χ2n) is 9.01. The summed E-state index contributed by atoms with van der Waals surface area (Å²) in [6, 6.07) is 5.92. The van der Waals surface area contributed by atoms with Gasteiger partial charge in [0.25, 0.3) is 5.91 Å². The van der Waals surface area contributed by atoms with Gasteiger partial charge in [-0.25, -0.2) is 4.98 Å². The minimum absolute atomic E-state index is 0.0195. The number of thiophene rings is 1. The number of carbonyl (C=O) groups excluding carboxylic acids is 1. The number of piperidine rings is 1. The van der Waals surface area contributed by atoms with E-state index in [9.17, 15) is 4.79 Å². The summed E-state index contributed by atoms with van der Waals surface area (Å²) in [5.74, 6) is 1.05. The van der Waals surface area contributed by atoms with Crippen molar-refractivity contribution in [1.82, 2.24) is 19.7 Å². The smallest absolute Gasteiger partial charge is 0.254 e. The van der Waals surface area contributed by atoms with Crippen molar-refractivity contribution in [3.05, 3.63) is 51.5 Å². The van der Waals surface area contributed by atoms with E-state index < -0.39 is 5.41 Å². The van der Waals surface area contributed by atoms with Crippen molar-refractivity contribution in [3.8, 4) is 0 Å². The number of hydrogen-bond donors (Lipinski definition) is 1. The third kappa shape index (κ3) is 5.37. The molecule has 4 rings (SSSR count). The molecule has 3 aromatic rings. The largest absolute Gasteiger partial charge is 0.451 e. The zero-order chi connectivity index (χ0) is 22.0. The monoisotopic (exact) mass is 461 g/mol. The maximum absolute atomic E-state index is 13.0. The van der Waals surface area contributed by atoms with Crippen LogP contribution in [0.3, 0.4) is 0 Å². The van der Waals surface area contributed by atoms with Crippen molar-refractivity contribution in [2.24, 2.45) is 5.41 Å². The first kappa shape index (κ1) is 22.0. The summed E-state index contributed by atoms with van der Waals surface area (Å²) < 4.78 is 7.38. The molecule has 0 aliphatic carbocycles. The van der Waals surface area contributed by atoms with Gasteiger partial charge in [-0.15, -0.1) is 11.3 Å². The number of nitrogens with zero attached hydrogens (tertiary/aromatic N) is 4. The molecule has 0 spiro atoms. The van der Waals surface area contributed by atoms with E-state index in [-0.39, 0.29) is 5.91 Å². The molecule has 1 aliphatic heterocycles. The van der Waals surface area contributed by atoms with Gasteiger partial charge in [0.05, 0.1) is 22.3 Å². The number of anilines is 1. The van der Waals surface area contributed by atoms with Crippen LogP contribution < -0.4 is 5.32 Å². The molecule has 0 saturated carbocycles. The third-order valence-electron chi connectivity index (χ3n) is 5.51. The SMILES string of the molecule is CC(C)(C)C(=O)n1nc(C2CCN(Cc3cocn3)CC2)cc1NCc1ccc(Cl)s1. The van der Waals surface area contributed by atoms with E-state index in [1.54, 1.807) is 10.9 Å². The minimum atomic E-state index is -0.521. The summed E-state index contributed by atoms with van der Waals surface area (Å²) >= 11 is 7.59. The fourth-order valence-electron chi connectivity index (χ4n) is 3.75. The highest BCUT2D eigenvalue weighted by atomic mass is 35.5. The molecule has 0 bridgehead atoms. The van der Waals surface area contributed by atoms with E-state index >= 15 is 0 Å². The Labute approximate surface area is 191 Å². The van der Waals surface area contributed by atoms with E-state index in [1.807, 2.05) is 39.0 Å². The molecule has 9 heteroatoms. The van der Waals surface area contributed by atoms with Gasteiger partial charge in [-0.2, -0.15) is 9.78 Å². The predicted octanol–water partition coefficient (Wildman–Crippen LogP) is 5.26. The Balaban J connectivity index is 1.47. The highest BCUT2D eigenvalue weighted by Gasteiger charge is 2.29. The molecule has 0 atom stereocenters. The first-order valence-electron chi connectivity index (χ1n) is 10.5. The number of carbonyl (C=O) groups is 1. The Morgan fingerprint density at radius 1 is 1.32 bits per heavy atom. The zero-order valence-electron chi connectivity index (χ0n) is 18.1. The summed E-state index contributed by atoms with van der Waals surface area (Å²) in [5, 5.41) is 8.15. The Morgan fingerprint density at radius 2 is 2.10 bits per heavy atom. The highest BCUT2D eigenvalue weighted by molar-refractivity contribution is 7.16. The standard InChI is InChI=1S/C22H28ClN5O2S/c1-22(2,3)21(29)28-20(24-11-17-4-5-19(23)31-17)10-18(26-28)15-6-8-27(9-7-15)12-16-13-30-14-25-16/h4-5,10,13-15,24H,6-9,11-12H2,1-3H3. The molecule has 166 valence electrons. The van der Waals surface area contributed by atoms with Gasteiger partial charge < -0.3 is 9.73 Å². The van der Waals surface area contributed by atoms with Crippen LogP contribution in [0.5, 0.6) is 0 Å². The molecule has 0 unspecified atom stereocenters. The maximum atomic E-state index is 13.0.